The fourth-order valence-electron chi connectivity index (χ4n) is 1.95. The Hall–Kier alpha value is -1.20. The van der Waals surface area contributed by atoms with E-state index in [4.69, 9.17) is 0 Å². The topological polar surface area (TPSA) is 42.7 Å². The Kier molecular flexibility index (Phi) is 4.90. The van der Waals surface area contributed by atoms with Crippen molar-refractivity contribution in [3.8, 4) is 0 Å². The maximum absolute atomic E-state index is 4.29. The van der Waals surface area contributed by atoms with Crippen LogP contribution in [0.1, 0.15) is 36.5 Å². The van der Waals surface area contributed by atoms with E-state index in [-0.39, 0.29) is 0 Å². The summed E-state index contributed by atoms with van der Waals surface area (Å²) in [6.45, 7) is 6.98. The van der Waals surface area contributed by atoms with Gasteiger partial charge in [0.25, 0.3) is 0 Å². The molecule has 0 aliphatic carbocycles. The van der Waals surface area contributed by atoms with E-state index in [0.29, 0.717) is 0 Å². The first-order valence-electron chi connectivity index (χ1n) is 6.47. The second-order valence-corrected chi connectivity index (χ2v) is 5.23. The normalized spacial score (nSPS) is 11.0. The molecule has 2 heterocycles. The lowest BCUT2D eigenvalue weighted by molar-refractivity contribution is 0.543. The molecule has 0 aliphatic heterocycles. The molecule has 4 nitrogen and oxygen atoms in total. The zero-order valence-electron chi connectivity index (χ0n) is 11.0. The molecule has 2 aromatic heterocycles. The first-order chi connectivity index (χ1) is 8.85. The third-order valence-corrected chi connectivity index (χ3v) is 3.88. The summed E-state index contributed by atoms with van der Waals surface area (Å²) >= 11 is 1.82. The fraction of sp³-hybridized carbons (Fsp3) is 0.538. The summed E-state index contributed by atoms with van der Waals surface area (Å²) in [5.74, 6) is 1.02. The lowest BCUT2D eigenvalue weighted by Crippen LogP contribution is -2.17. The Labute approximate surface area is 112 Å². The molecule has 0 saturated heterocycles. The Balaban J connectivity index is 1.86. The van der Waals surface area contributed by atoms with Gasteiger partial charge in [-0.2, -0.15) is 5.10 Å². The van der Waals surface area contributed by atoms with Gasteiger partial charge in [0.1, 0.15) is 12.2 Å². The molecule has 0 bridgehead atoms. The van der Waals surface area contributed by atoms with E-state index >= 15 is 0 Å². The van der Waals surface area contributed by atoms with Crippen molar-refractivity contribution in [2.24, 2.45) is 0 Å². The molecule has 1 N–H and O–H groups in total. The highest BCUT2D eigenvalue weighted by molar-refractivity contribution is 7.10. The number of nitrogens with zero attached hydrogens (tertiary/aromatic N) is 3. The lowest BCUT2D eigenvalue weighted by Gasteiger charge is -2.06. The minimum absolute atomic E-state index is 0.779. The van der Waals surface area contributed by atoms with Gasteiger partial charge in [0.2, 0.25) is 0 Å². The summed E-state index contributed by atoms with van der Waals surface area (Å²) in [5.41, 5.74) is 1.45. The van der Waals surface area contributed by atoms with Crippen LogP contribution < -0.4 is 5.32 Å². The van der Waals surface area contributed by atoms with Crippen molar-refractivity contribution >= 4 is 11.3 Å². The third kappa shape index (κ3) is 3.17. The quantitative estimate of drug-likeness (QED) is 0.836. The molecule has 0 saturated carbocycles. The maximum Gasteiger partial charge on any atom is 0.140 e. The molecule has 0 aliphatic rings. The Morgan fingerprint density at radius 2 is 2.22 bits per heavy atom. The molecule has 0 amide bonds. The van der Waals surface area contributed by atoms with Gasteiger partial charge in [-0.15, -0.1) is 11.3 Å². The molecule has 0 unspecified atom stereocenters. The second-order valence-electron chi connectivity index (χ2n) is 4.23. The van der Waals surface area contributed by atoms with Crippen molar-refractivity contribution in [1.29, 1.82) is 0 Å². The average Bonchev–Trinajstić information content (AvgIpc) is 2.99. The molecule has 2 aromatic rings. The van der Waals surface area contributed by atoms with Crippen LogP contribution >= 0.6 is 11.3 Å². The predicted octanol–water partition coefficient (Wildman–Crippen LogP) is 2.60. The van der Waals surface area contributed by atoms with Gasteiger partial charge >= 0.3 is 0 Å². The number of rotatable bonds is 7. The molecule has 0 fully saturated rings. The van der Waals surface area contributed by atoms with Gasteiger partial charge < -0.3 is 5.32 Å². The minimum atomic E-state index is 0.779. The smallest absolute Gasteiger partial charge is 0.140 e. The maximum atomic E-state index is 4.29. The lowest BCUT2D eigenvalue weighted by atomic mass is 10.2. The number of nitrogens with one attached hydrogen (secondary N) is 1. The molecule has 0 atom stereocenters. The molecule has 98 valence electrons. The van der Waals surface area contributed by atoms with Crippen LogP contribution in [0.4, 0.5) is 0 Å². The van der Waals surface area contributed by atoms with Crippen LogP contribution in [0.25, 0.3) is 0 Å². The highest BCUT2D eigenvalue weighted by Crippen LogP contribution is 2.16. The van der Waals surface area contributed by atoms with Crippen LogP contribution in [0.3, 0.4) is 0 Å². The van der Waals surface area contributed by atoms with E-state index in [2.05, 4.69) is 40.7 Å². The number of thiophene rings is 1. The summed E-state index contributed by atoms with van der Waals surface area (Å²) in [4.78, 5) is 5.72. The number of hydrogen-bond donors (Lipinski definition) is 1. The van der Waals surface area contributed by atoms with Gasteiger partial charge in [-0.1, -0.05) is 13.8 Å². The minimum Gasteiger partial charge on any atom is -0.305 e. The van der Waals surface area contributed by atoms with Crippen molar-refractivity contribution in [3.05, 3.63) is 34.0 Å². The van der Waals surface area contributed by atoms with Crippen molar-refractivity contribution in [2.75, 3.05) is 0 Å². The van der Waals surface area contributed by atoms with Gasteiger partial charge in [-0.25, -0.2) is 9.67 Å². The summed E-state index contributed by atoms with van der Waals surface area (Å²) in [6, 6.07) is 2.21. The van der Waals surface area contributed by atoms with Gasteiger partial charge in [0.15, 0.2) is 0 Å². The standard InChI is InChI=1S/C13H20N4S/c1-3-6-17-13(15-10-16-17)9-14-8-12-11(4-2)5-7-18-12/h5,7,10,14H,3-4,6,8-9H2,1-2H3. The van der Waals surface area contributed by atoms with E-state index in [9.17, 15) is 0 Å². The van der Waals surface area contributed by atoms with E-state index in [0.717, 1.165) is 38.3 Å². The predicted molar refractivity (Wildman–Crippen MR) is 74.6 cm³/mol. The first-order valence-corrected chi connectivity index (χ1v) is 7.35. The van der Waals surface area contributed by atoms with Crippen LogP contribution in [0, 0.1) is 0 Å². The summed E-state index contributed by atoms with van der Waals surface area (Å²) < 4.78 is 1.97. The van der Waals surface area contributed by atoms with Crippen LogP contribution in [0.15, 0.2) is 17.8 Å². The number of hydrogen-bond acceptors (Lipinski definition) is 4. The third-order valence-electron chi connectivity index (χ3n) is 2.92. The SMILES string of the molecule is CCCn1ncnc1CNCc1sccc1CC. The summed E-state index contributed by atoms with van der Waals surface area (Å²) in [5, 5.41) is 9.84. The van der Waals surface area contributed by atoms with Crippen LogP contribution in [0.2, 0.25) is 0 Å². The Morgan fingerprint density at radius 3 is 3.00 bits per heavy atom. The molecule has 18 heavy (non-hydrogen) atoms. The van der Waals surface area contributed by atoms with E-state index < -0.39 is 0 Å². The monoisotopic (exact) mass is 264 g/mol. The molecule has 0 radical (unpaired) electrons. The zero-order chi connectivity index (χ0) is 12.8. The average molecular weight is 264 g/mol. The number of aryl methyl sites for hydroxylation is 2. The van der Waals surface area contributed by atoms with Crippen LogP contribution in [-0.4, -0.2) is 14.8 Å². The van der Waals surface area contributed by atoms with Crippen molar-refractivity contribution in [2.45, 2.75) is 46.3 Å². The molecule has 0 aromatic carbocycles. The molecule has 2 rings (SSSR count). The van der Waals surface area contributed by atoms with Gasteiger partial charge in [0, 0.05) is 18.0 Å². The Bertz CT molecular complexity index is 475. The Morgan fingerprint density at radius 1 is 1.33 bits per heavy atom. The molecule has 5 heteroatoms. The van der Waals surface area contributed by atoms with E-state index in [1.54, 1.807) is 6.33 Å². The highest BCUT2D eigenvalue weighted by atomic mass is 32.1. The summed E-state index contributed by atoms with van der Waals surface area (Å²) in [6.07, 6.45) is 3.82. The van der Waals surface area contributed by atoms with Crippen molar-refractivity contribution < 1.29 is 0 Å². The first kappa shape index (κ1) is 13.2. The fourth-order valence-corrected chi connectivity index (χ4v) is 2.89. The molecule has 0 spiro atoms. The van der Waals surface area contributed by atoms with Gasteiger partial charge in [-0.3, -0.25) is 0 Å². The molecular formula is C13H20N4S. The largest absolute Gasteiger partial charge is 0.305 e. The van der Waals surface area contributed by atoms with Crippen LogP contribution in [-0.2, 0) is 26.1 Å². The van der Waals surface area contributed by atoms with E-state index in [1.165, 1.54) is 10.4 Å². The van der Waals surface area contributed by atoms with Crippen molar-refractivity contribution in [3.63, 3.8) is 0 Å². The zero-order valence-corrected chi connectivity index (χ0v) is 11.8. The molecular weight excluding hydrogens is 244 g/mol. The van der Waals surface area contributed by atoms with Crippen molar-refractivity contribution in [1.82, 2.24) is 20.1 Å². The summed E-state index contributed by atoms with van der Waals surface area (Å²) in [7, 11) is 0. The highest BCUT2D eigenvalue weighted by Gasteiger charge is 2.05. The van der Waals surface area contributed by atoms with Crippen LogP contribution in [0.5, 0.6) is 0 Å². The van der Waals surface area contributed by atoms with Gasteiger partial charge in [0.05, 0.1) is 6.54 Å². The second kappa shape index (κ2) is 6.66. The number of aromatic nitrogens is 3. The van der Waals surface area contributed by atoms with E-state index in [1.807, 2.05) is 16.0 Å². The van der Waals surface area contributed by atoms with Gasteiger partial charge in [-0.05, 0) is 29.9 Å².